The van der Waals surface area contributed by atoms with E-state index in [4.69, 9.17) is 26.4 Å². The number of thiocarbonyl (C=S) groups is 1. The second kappa shape index (κ2) is 7.95. The molecule has 0 fully saturated rings. The van der Waals surface area contributed by atoms with Crippen LogP contribution in [0.4, 0.5) is 0 Å². The van der Waals surface area contributed by atoms with E-state index in [1.807, 2.05) is 30.0 Å². The fourth-order valence-electron chi connectivity index (χ4n) is 3.24. The van der Waals surface area contributed by atoms with Gasteiger partial charge in [0.15, 0.2) is 16.6 Å². The standard InChI is InChI=1S/C19H24N2O4S/c1-4-8-21-12(3)16(18(22)23-5-2)17(20-19(21)26)13-6-7-14-15(11-13)25-10-9-24-14/h6-7,11,17H,4-5,8-10H2,1-3H3,(H,20,26)/t17-/m1/s1. The Bertz CT molecular complexity index is 747. The van der Waals surface area contributed by atoms with Crippen LogP contribution in [0.3, 0.4) is 0 Å². The topological polar surface area (TPSA) is 60.0 Å². The number of hydrogen-bond acceptors (Lipinski definition) is 5. The smallest absolute Gasteiger partial charge is 0.338 e. The van der Waals surface area contributed by atoms with Gasteiger partial charge in [0.2, 0.25) is 0 Å². The second-order valence-corrected chi connectivity index (χ2v) is 6.54. The van der Waals surface area contributed by atoms with Gasteiger partial charge in [0.1, 0.15) is 13.2 Å². The van der Waals surface area contributed by atoms with Gasteiger partial charge in [0.05, 0.1) is 18.2 Å². The highest BCUT2D eigenvalue weighted by Crippen LogP contribution is 2.37. The second-order valence-electron chi connectivity index (χ2n) is 6.16. The molecule has 0 bridgehead atoms. The molecule has 1 N–H and O–H groups in total. The number of fused-ring (bicyclic) bond motifs is 1. The van der Waals surface area contributed by atoms with E-state index < -0.39 is 0 Å². The van der Waals surface area contributed by atoms with Gasteiger partial charge in [0.25, 0.3) is 0 Å². The minimum absolute atomic E-state index is 0.321. The molecule has 2 aliphatic rings. The molecule has 0 amide bonds. The largest absolute Gasteiger partial charge is 0.486 e. The van der Waals surface area contributed by atoms with Gasteiger partial charge in [0, 0.05) is 12.2 Å². The first-order valence-electron chi connectivity index (χ1n) is 8.92. The van der Waals surface area contributed by atoms with Gasteiger partial charge in [-0.2, -0.15) is 0 Å². The number of hydrogen-bond donors (Lipinski definition) is 1. The zero-order valence-electron chi connectivity index (χ0n) is 15.3. The van der Waals surface area contributed by atoms with Crippen molar-refractivity contribution in [3.8, 4) is 11.5 Å². The zero-order valence-corrected chi connectivity index (χ0v) is 16.1. The lowest BCUT2D eigenvalue weighted by molar-refractivity contribution is -0.139. The molecule has 0 radical (unpaired) electrons. The number of allylic oxidation sites excluding steroid dienone is 1. The lowest BCUT2D eigenvalue weighted by Crippen LogP contribution is -2.48. The van der Waals surface area contributed by atoms with Crippen molar-refractivity contribution in [2.24, 2.45) is 0 Å². The van der Waals surface area contributed by atoms with E-state index in [1.54, 1.807) is 6.92 Å². The number of carbonyl (C=O) groups excluding carboxylic acids is 1. The van der Waals surface area contributed by atoms with Crippen LogP contribution in [-0.4, -0.2) is 42.3 Å². The number of esters is 1. The quantitative estimate of drug-likeness (QED) is 0.626. The first-order valence-corrected chi connectivity index (χ1v) is 9.33. The molecule has 0 spiro atoms. The Morgan fingerprint density at radius 1 is 1.31 bits per heavy atom. The molecule has 3 rings (SSSR count). The van der Waals surface area contributed by atoms with Gasteiger partial charge in [-0.15, -0.1) is 0 Å². The molecule has 2 aliphatic heterocycles. The van der Waals surface area contributed by atoms with Gasteiger partial charge in [-0.05, 0) is 50.2 Å². The molecule has 140 valence electrons. The predicted octanol–water partition coefficient (Wildman–Crippen LogP) is 2.94. The summed E-state index contributed by atoms with van der Waals surface area (Å²) < 4.78 is 16.6. The van der Waals surface area contributed by atoms with Crippen LogP contribution < -0.4 is 14.8 Å². The molecule has 0 saturated carbocycles. The fraction of sp³-hybridized carbons (Fsp3) is 0.474. The fourth-order valence-corrected chi connectivity index (χ4v) is 3.58. The van der Waals surface area contributed by atoms with Gasteiger partial charge in [-0.3, -0.25) is 0 Å². The Morgan fingerprint density at radius 2 is 2.04 bits per heavy atom. The summed E-state index contributed by atoms with van der Waals surface area (Å²) in [4.78, 5) is 14.6. The number of ether oxygens (including phenoxy) is 3. The van der Waals surface area contributed by atoms with E-state index in [1.165, 1.54) is 0 Å². The molecule has 2 heterocycles. The molecule has 26 heavy (non-hydrogen) atoms. The van der Waals surface area contributed by atoms with Gasteiger partial charge in [-0.25, -0.2) is 4.79 Å². The summed E-state index contributed by atoms with van der Waals surface area (Å²) in [6, 6.07) is 5.31. The maximum absolute atomic E-state index is 12.7. The lowest BCUT2D eigenvalue weighted by Gasteiger charge is -2.37. The van der Waals surface area contributed by atoms with E-state index in [-0.39, 0.29) is 12.0 Å². The number of rotatable bonds is 5. The van der Waals surface area contributed by atoms with Crippen molar-refractivity contribution >= 4 is 23.3 Å². The Kier molecular flexibility index (Phi) is 5.66. The lowest BCUT2D eigenvalue weighted by atomic mass is 9.94. The summed E-state index contributed by atoms with van der Waals surface area (Å²) in [6.07, 6.45) is 0.921. The monoisotopic (exact) mass is 376 g/mol. The van der Waals surface area contributed by atoms with Crippen LogP contribution in [0.5, 0.6) is 11.5 Å². The van der Waals surface area contributed by atoms with E-state index in [9.17, 15) is 4.79 Å². The van der Waals surface area contributed by atoms with Crippen LogP contribution in [0.1, 0.15) is 38.8 Å². The molecule has 0 saturated heterocycles. The Balaban J connectivity index is 2.03. The zero-order chi connectivity index (χ0) is 18.7. The van der Waals surface area contributed by atoms with Crippen molar-refractivity contribution in [3.05, 3.63) is 35.0 Å². The molecule has 0 aliphatic carbocycles. The minimum atomic E-state index is -0.384. The summed E-state index contributed by atoms with van der Waals surface area (Å²) in [6.45, 7) is 7.91. The third kappa shape index (κ3) is 3.49. The van der Waals surface area contributed by atoms with Crippen molar-refractivity contribution in [1.29, 1.82) is 0 Å². The van der Waals surface area contributed by atoms with E-state index in [0.29, 0.717) is 42.0 Å². The molecule has 6 nitrogen and oxygen atoms in total. The van der Waals surface area contributed by atoms with Crippen LogP contribution in [0.2, 0.25) is 0 Å². The van der Waals surface area contributed by atoms with E-state index in [0.717, 1.165) is 24.2 Å². The van der Waals surface area contributed by atoms with Crippen molar-refractivity contribution < 1.29 is 19.0 Å². The summed E-state index contributed by atoms with van der Waals surface area (Å²) in [7, 11) is 0. The summed E-state index contributed by atoms with van der Waals surface area (Å²) in [5, 5.41) is 3.91. The normalized spacial score (nSPS) is 19.3. The highest BCUT2D eigenvalue weighted by atomic mass is 32.1. The average molecular weight is 376 g/mol. The SMILES string of the molecule is CCCN1C(=S)N[C@H](c2ccc3c(c2)OCCO3)C(C(=O)OCC)=C1C. The van der Waals surface area contributed by atoms with Crippen molar-refractivity contribution in [2.45, 2.75) is 33.2 Å². The highest BCUT2D eigenvalue weighted by molar-refractivity contribution is 7.80. The summed E-state index contributed by atoms with van der Waals surface area (Å²) in [5.74, 6) is 1.06. The average Bonchev–Trinajstić information content (AvgIpc) is 2.64. The van der Waals surface area contributed by atoms with Crippen LogP contribution in [0.15, 0.2) is 29.5 Å². The first-order chi connectivity index (χ1) is 12.6. The molecular weight excluding hydrogens is 352 g/mol. The Hall–Kier alpha value is -2.28. The minimum Gasteiger partial charge on any atom is -0.486 e. The molecule has 0 unspecified atom stereocenters. The molecule has 0 aromatic heterocycles. The van der Waals surface area contributed by atoms with Gasteiger partial charge in [-0.1, -0.05) is 13.0 Å². The van der Waals surface area contributed by atoms with Crippen LogP contribution in [0, 0.1) is 0 Å². The number of nitrogens with one attached hydrogen (secondary N) is 1. The first kappa shape index (κ1) is 18.5. The Morgan fingerprint density at radius 3 is 2.73 bits per heavy atom. The molecule has 1 atom stereocenters. The summed E-state index contributed by atoms with van der Waals surface area (Å²) >= 11 is 5.54. The van der Waals surface area contributed by atoms with Gasteiger partial charge >= 0.3 is 5.97 Å². The highest BCUT2D eigenvalue weighted by Gasteiger charge is 2.35. The number of benzene rings is 1. The van der Waals surface area contributed by atoms with Crippen molar-refractivity contribution in [1.82, 2.24) is 10.2 Å². The molecule has 1 aromatic rings. The maximum atomic E-state index is 12.7. The van der Waals surface area contributed by atoms with Crippen LogP contribution in [0.25, 0.3) is 0 Å². The number of carbonyl (C=O) groups is 1. The van der Waals surface area contributed by atoms with Crippen molar-refractivity contribution in [3.63, 3.8) is 0 Å². The van der Waals surface area contributed by atoms with Crippen molar-refractivity contribution in [2.75, 3.05) is 26.4 Å². The third-order valence-corrected chi connectivity index (χ3v) is 4.78. The van der Waals surface area contributed by atoms with Crippen LogP contribution in [-0.2, 0) is 9.53 Å². The maximum Gasteiger partial charge on any atom is 0.338 e. The predicted molar refractivity (Wildman–Crippen MR) is 102 cm³/mol. The Labute approximate surface area is 159 Å². The summed E-state index contributed by atoms with van der Waals surface area (Å²) in [5.41, 5.74) is 2.29. The van der Waals surface area contributed by atoms with Crippen LogP contribution >= 0.6 is 12.2 Å². The van der Waals surface area contributed by atoms with E-state index in [2.05, 4.69) is 12.2 Å². The van der Waals surface area contributed by atoms with E-state index >= 15 is 0 Å². The molecular formula is C19H24N2O4S. The van der Waals surface area contributed by atoms with Gasteiger partial charge < -0.3 is 24.4 Å². The third-order valence-electron chi connectivity index (χ3n) is 4.44. The number of nitrogens with zero attached hydrogens (tertiary/aromatic N) is 1. The molecule has 7 heteroatoms. The molecule has 1 aromatic carbocycles.